The summed E-state index contributed by atoms with van der Waals surface area (Å²) in [5, 5.41) is 5.67. The van der Waals surface area contributed by atoms with Crippen molar-refractivity contribution in [2.75, 3.05) is 13.1 Å². The molecular weight excluding hydrogens is 421 g/mol. The van der Waals surface area contributed by atoms with Crippen molar-refractivity contribution in [2.24, 2.45) is 11.1 Å². The van der Waals surface area contributed by atoms with Gasteiger partial charge in [-0.25, -0.2) is 9.67 Å². The first-order chi connectivity index (χ1) is 13.0. The second-order valence-electron chi connectivity index (χ2n) is 10.3. The van der Waals surface area contributed by atoms with Crippen LogP contribution in [0.1, 0.15) is 81.5 Å². The molecule has 8 heteroatoms. The molecule has 6 nitrogen and oxygen atoms in total. The van der Waals surface area contributed by atoms with Crippen LogP contribution < -0.4 is 5.73 Å². The third kappa shape index (κ3) is 4.32. The number of carbonyl (C=O) groups excluding carboxylic acids is 1. The second kappa shape index (κ2) is 8.29. The van der Waals surface area contributed by atoms with E-state index in [-0.39, 0.29) is 47.7 Å². The second-order valence-corrected chi connectivity index (χ2v) is 10.3. The molecule has 4 rings (SSSR count). The van der Waals surface area contributed by atoms with Crippen LogP contribution in [0.25, 0.3) is 11.0 Å². The van der Waals surface area contributed by atoms with E-state index in [1.54, 1.807) is 0 Å². The predicted molar refractivity (Wildman–Crippen MR) is 126 cm³/mol. The molecule has 1 unspecified atom stereocenters. The van der Waals surface area contributed by atoms with Gasteiger partial charge in [0.25, 0.3) is 5.91 Å². The van der Waals surface area contributed by atoms with Crippen LogP contribution in [0.4, 0.5) is 0 Å². The average molecular weight is 456 g/mol. The van der Waals surface area contributed by atoms with E-state index in [0.29, 0.717) is 19.0 Å². The highest BCUT2D eigenvalue weighted by Gasteiger charge is 2.37. The molecule has 0 spiro atoms. The van der Waals surface area contributed by atoms with Gasteiger partial charge in [-0.1, -0.05) is 13.8 Å². The van der Waals surface area contributed by atoms with Gasteiger partial charge >= 0.3 is 0 Å². The Kier molecular flexibility index (Phi) is 6.88. The minimum atomic E-state index is -0.193. The monoisotopic (exact) mass is 455 g/mol. The molecule has 2 aromatic heterocycles. The summed E-state index contributed by atoms with van der Waals surface area (Å²) in [6, 6.07) is 2.16. The van der Waals surface area contributed by atoms with Gasteiger partial charge in [0, 0.05) is 30.7 Å². The van der Waals surface area contributed by atoms with Crippen LogP contribution in [0.2, 0.25) is 0 Å². The fourth-order valence-electron chi connectivity index (χ4n) is 4.25. The molecule has 2 aromatic rings. The number of amides is 1. The number of hydrogen-bond acceptors (Lipinski definition) is 4. The minimum absolute atomic E-state index is 0. The summed E-state index contributed by atoms with van der Waals surface area (Å²) in [6.45, 7) is 14.0. The first kappa shape index (κ1) is 24.9. The number of pyridine rings is 1. The number of aromatic nitrogens is 3. The molecule has 1 saturated carbocycles. The average Bonchev–Trinajstić information content (AvgIpc) is 3.39. The summed E-state index contributed by atoms with van der Waals surface area (Å²) in [4.78, 5) is 20.6. The lowest BCUT2D eigenvalue weighted by molar-refractivity contribution is 0.0534. The Labute approximate surface area is 191 Å². The van der Waals surface area contributed by atoms with E-state index < -0.39 is 0 Å². The summed E-state index contributed by atoms with van der Waals surface area (Å²) >= 11 is 0. The zero-order valence-electron chi connectivity index (χ0n) is 18.9. The van der Waals surface area contributed by atoms with E-state index in [9.17, 15) is 4.79 Å². The Balaban J connectivity index is 0.00000160. The zero-order chi connectivity index (χ0) is 20.4. The van der Waals surface area contributed by atoms with Crippen molar-refractivity contribution < 1.29 is 4.79 Å². The molecule has 3 heterocycles. The van der Waals surface area contributed by atoms with Crippen molar-refractivity contribution in [3.8, 4) is 0 Å². The summed E-state index contributed by atoms with van der Waals surface area (Å²) in [5.74, 6) is 0.566. The van der Waals surface area contributed by atoms with Gasteiger partial charge in [0.15, 0.2) is 5.65 Å². The molecule has 0 radical (unpaired) electrons. The summed E-state index contributed by atoms with van der Waals surface area (Å²) in [6.07, 6.45) is 3.14. The smallest absolute Gasteiger partial charge is 0.254 e. The predicted octanol–water partition coefficient (Wildman–Crippen LogP) is 4.42. The van der Waals surface area contributed by atoms with Crippen LogP contribution in [-0.4, -0.2) is 44.7 Å². The number of piperidine rings is 1. The van der Waals surface area contributed by atoms with Crippen molar-refractivity contribution in [2.45, 2.75) is 78.3 Å². The number of likely N-dealkylation sites (tertiary alicyclic amines) is 1. The molecule has 2 fully saturated rings. The van der Waals surface area contributed by atoms with Gasteiger partial charge in [-0.3, -0.25) is 4.79 Å². The first-order valence-corrected chi connectivity index (χ1v) is 10.4. The fraction of sp³-hybridized carbons (Fsp3) is 0.682. The molecule has 1 atom stereocenters. The van der Waals surface area contributed by atoms with Crippen LogP contribution in [0, 0.1) is 12.3 Å². The third-order valence-corrected chi connectivity index (χ3v) is 6.29. The Morgan fingerprint density at radius 3 is 2.37 bits per heavy atom. The van der Waals surface area contributed by atoms with E-state index in [1.165, 1.54) is 0 Å². The number of halogens is 2. The Morgan fingerprint density at radius 2 is 1.83 bits per heavy atom. The SMILES string of the molecule is Cc1nn(C(C)(C)C)c2nc(C3CC3)cc(C(=O)N3CCC(N)C(C)(C)C3)c12.Cl.Cl. The van der Waals surface area contributed by atoms with Gasteiger partial charge in [0.1, 0.15) is 0 Å². The number of nitrogens with two attached hydrogens (primary N) is 1. The first-order valence-electron chi connectivity index (χ1n) is 10.4. The number of hydrogen-bond donors (Lipinski definition) is 1. The van der Waals surface area contributed by atoms with Crippen molar-refractivity contribution in [3.63, 3.8) is 0 Å². The third-order valence-electron chi connectivity index (χ3n) is 6.29. The van der Waals surface area contributed by atoms with Crippen LogP contribution in [0.3, 0.4) is 0 Å². The normalized spacial score (nSPS) is 21.2. The lowest BCUT2D eigenvalue weighted by Crippen LogP contribution is -2.54. The Hall–Kier alpha value is -1.37. The molecule has 1 amide bonds. The molecule has 2 aliphatic rings. The molecule has 0 bridgehead atoms. The van der Waals surface area contributed by atoms with Crippen LogP contribution in [0.5, 0.6) is 0 Å². The molecule has 0 aromatic carbocycles. The van der Waals surface area contributed by atoms with Gasteiger partial charge < -0.3 is 10.6 Å². The van der Waals surface area contributed by atoms with E-state index in [0.717, 1.165) is 47.2 Å². The summed E-state index contributed by atoms with van der Waals surface area (Å²) in [5.41, 5.74) is 9.52. The van der Waals surface area contributed by atoms with Crippen molar-refractivity contribution >= 4 is 41.8 Å². The van der Waals surface area contributed by atoms with E-state index in [2.05, 4.69) is 34.6 Å². The molecule has 2 N–H and O–H groups in total. The van der Waals surface area contributed by atoms with E-state index >= 15 is 0 Å². The van der Waals surface area contributed by atoms with Gasteiger partial charge in [0.2, 0.25) is 0 Å². The highest BCUT2D eigenvalue weighted by molar-refractivity contribution is 6.06. The fourth-order valence-corrected chi connectivity index (χ4v) is 4.25. The van der Waals surface area contributed by atoms with Gasteiger partial charge in [-0.05, 0) is 58.4 Å². The quantitative estimate of drug-likeness (QED) is 0.726. The maximum atomic E-state index is 13.6. The standard InChI is InChI=1S/C22H33N5O.2ClH/c1-13-18-15(20(28)26-10-9-17(23)22(5,6)12-26)11-16(14-7-8-14)24-19(18)27(25-13)21(2,3)4;;/h11,14,17H,7-10,12,23H2,1-6H3;2*1H. The Bertz CT molecular complexity index is 943. The highest BCUT2D eigenvalue weighted by Crippen LogP contribution is 2.41. The number of aryl methyl sites for hydroxylation is 1. The molecule has 30 heavy (non-hydrogen) atoms. The van der Waals surface area contributed by atoms with Crippen molar-refractivity contribution in [1.29, 1.82) is 0 Å². The van der Waals surface area contributed by atoms with Gasteiger partial charge in [-0.2, -0.15) is 5.10 Å². The Morgan fingerprint density at radius 1 is 1.20 bits per heavy atom. The molecule has 1 aliphatic heterocycles. The zero-order valence-corrected chi connectivity index (χ0v) is 20.5. The largest absolute Gasteiger partial charge is 0.338 e. The van der Waals surface area contributed by atoms with E-state index in [4.69, 9.17) is 15.8 Å². The van der Waals surface area contributed by atoms with E-state index in [1.807, 2.05) is 22.6 Å². The maximum Gasteiger partial charge on any atom is 0.254 e. The van der Waals surface area contributed by atoms with Gasteiger partial charge in [0.05, 0.1) is 22.2 Å². The molecule has 1 saturated heterocycles. The summed E-state index contributed by atoms with van der Waals surface area (Å²) < 4.78 is 1.98. The maximum absolute atomic E-state index is 13.6. The highest BCUT2D eigenvalue weighted by atomic mass is 35.5. The van der Waals surface area contributed by atoms with Crippen LogP contribution in [-0.2, 0) is 5.54 Å². The molecule has 168 valence electrons. The van der Waals surface area contributed by atoms with Crippen molar-refractivity contribution in [1.82, 2.24) is 19.7 Å². The number of rotatable bonds is 2. The minimum Gasteiger partial charge on any atom is -0.338 e. The van der Waals surface area contributed by atoms with Crippen LogP contribution >= 0.6 is 24.8 Å². The number of carbonyl (C=O) groups is 1. The lowest BCUT2D eigenvalue weighted by atomic mass is 9.79. The molecular formula is C22H35Cl2N5O. The van der Waals surface area contributed by atoms with Crippen molar-refractivity contribution in [3.05, 3.63) is 23.0 Å². The summed E-state index contributed by atoms with van der Waals surface area (Å²) in [7, 11) is 0. The van der Waals surface area contributed by atoms with Gasteiger partial charge in [-0.15, -0.1) is 24.8 Å². The number of nitrogens with zero attached hydrogens (tertiary/aromatic N) is 4. The molecule has 1 aliphatic carbocycles. The topological polar surface area (TPSA) is 77.0 Å². The van der Waals surface area contributed by atoms with Crippen LogP contribution in [0.15, 0.2) is 6.07 Å². The number of fused-ring (bicyclic) bond motifs is 1. The lowest BCUT2D eigenvalue weighted by Gasteiger charge is -2.42.